The van der Waals surface area contributed by atoms with Gasteiger partial charge in [-0.25, -0.2) is 9.59 Å². The highest BCUT2D eigenvalue weighted by Gasteiger charge is 2.67. The number of rotatable bonds is 9. The number of aromatic nitrogens is 3. The van der Waals surface area contributed by atoms with E-state index in [4.69, 9.17) is 10.5 Å². The first-order chi connectivity index (χ1) is 17.9. The fourth-order valence-electron chi connectivity index (χ4n) is 4.11. The molecule has 0 aliphatic carbocycles. The van der Waals surface area contributed by atoms with Crippen molar-refractivity contribution in [2.45, 2.75) is 48.6 Å². The number of nitrogens with zero attached hydrogens (tertiary/aromatic N) is 4. The Labute approximate surface area is 230 Å². The molecular formula is C22H27N7O6S3. The summed E-state index contributed by atoms with van der Waals surface area (Å²) in [5.74, 6) is -2.16. The number of carbonyl (C=O) groups excluding carboxylic acids is 3. The molecular weight excluding hydrogens is 554 g/mol. The minimum atomic E-state index is -1.82. The van der Waals surface area contributed by atoms with Gasteiger partial charge >= 0.3 is 12.0 Å². The molecule has 3 atom stereocenters. The molecule has 2 unspecified atom stereocenters. The van der Waals surface area contributed by atoms with Crippen molar-refractivity contribution >= 4 is 58.7 Å². The van der Waals surface area contributed by atoms with E-state index in [1.165, 1.54) is 42.0 Å². The summed E-state index contributed by atoms with van der Waals surface area (Å²) in [6, 6.07) is 1.27. The second-order valence-electron chi connectivity index (χ2n) is 9.42. The Bertz CT molecular complexity index is 1290. The summed E-state index contributed by atoms with van der Waals surface area (Å²) in [4.78, 5) is 52.1. The van der Waals surface area contributed by atoms with Crippen molar-refractivity contribution in [1.82, 2.24) is 30.3 Å². The van der Waals surface area contributed by atoms with Crippen LogP contribution in [0.25, 0.3) is 0 Å². The number of fused-ring (bicyclic) bond motifs is 1. The van der Waals surface area contributed by atoms with Crippen molar-refractivity contribution in [3.8, 4) is 0 Å². The normalized spacial score (nSPS) is 21.9. The number of primary amides is 1. The number of carboxylic acid groups (broad SMARTS) is 1. The number of aliphatic carboxylic acids is 1. The highest BCUT2D eigenvalue weighted by Crippen LogP contribution is 2.47. The molecule has 2 aliphatic heterocycles. The van der Waals surface area contributed by atoms with Gasteiger partial charge in [0.05, 0.1) is 0 Å². The quantitative estimate of drug-likeness (QED) is 0.191. The summed E-state index contributed by atoms with van der Waals surface area (Å²) in [6.45, 7) is 6.01. The zero-order valence-corrected chi connectivity index (χ0v) is 23.4. The van der Waals surface area contributed by atoms with Crippen molar-refractivity contribution in [1.29, 1.82) is 0 Å². The molecule has 2 aromatic rings. The zero-order valence-electron chi connectivity index (χ0n) is 21.0. The number of hydrogen-bond acceptors (Lipinski definition) is 10. The predicted molar refractivity (Wildman–Crippen MR) is 141 cm³/mol. The predicted octanol–water partition coefficient (Wildman–Crippen LogP) is 1.31. The summed E-state index contributed by atoms with van der Waals surface area (Å²) < 4.78 is 7.40. The summed E-state index contributed by atoms with van der Waals surface area (Å²) >= 11 is 3.82. The van der Waals surface area contributed by atoms with Crippen molar-refractivity contribution < 1.29 is 29.0 Å². The largest absolute Gasteiger partial charge is 0.477 e. The summed E-state index contributed by atoms with van der Waals surface area (Å²) in [5, 5.41) is 24.6. The molecule has 38 heavy (non-hydrogen) atoms. The number of carbonyl (C=O) groups is 4. The van der Waals surface area contributed by atoms with E-state index in [2.05, 4.69) is 20.8 Å². The number of urea groups is 1. The Morgan fingerprint density at radius 2 is 2.13 bits per heavy atom. The molecule has 16 heteroatoms. The number of ether oxygens (including phenoxy) is 1. The van der Waals surface area contributed by atoms with Crippen molar-refractivity contribution in [3.63, 3.8) is 0 Å². The van der Waals surface area contributed by atoms with Crippen LogP contribution in [0.2, 0.25) is 0 Å². The highest BCUT2D eigenvalue weighted by molar-refractivity contribution is 8.01. The molecule has 1 saturated heterocycles. The topological polar surface area (TPSA) is 182 Å². The molecule has 204 valence electrons. The van der Waals surface area contributed by atoms with Crippen LogP contribution >= 0.6 is 34.9 Å². The lowest BCUT2D eigenvalue weighted by molar-refractivity contribution is -0.192. The van der Waals surface area contributed by atoms with Gasteiger partial charge in [0.2, 0.25) is 0 Å². The van der Waals surface area contributed by atoms with Gasteiger partial charge in [0.1, 0.15) is 23.4 Å². The number of thioether (sulfide) groups is 2. The molecule has 4 heterocycles. The van der Waals surface area contributed by atoms with Gasteiger partial charge in [0.15, 0.2) is 5.16 Å². The minimum absolute atomic E-state index is 0.153. The van der Waals surface area contributed by atoms with Gasteiger partial charge < -0.3 is 30.8 Å². The Morgan fingerprint density at radius 1 is 1.39 bits per heavy atom. The molecule has 0 spiro atoms. The summed E-state index contributed by atoms with van der Waals surface area (Å²) in [7, 11) is 1.26. The Hall–Kier alpha value is -3.08. The second kappa shape index (κ2) is 10.6. The Balaban J connectivity index is 1.57. The minimum Gasteiger partial charge on any atom is -0.477 e. The highest BCUT2D eigenvalue weighted by atomic mass is 32.2. The van der Waals surface area contributed by atoms with E-state index in [1.54, 1.807) is 23.8 Å². The molecule has 4 amide bonds. The van der Waals surface area contributed by atoms with Crippen LogP contribution in [0.15, 0.2) is 40.3 Å². The molecule has 1 fully saturated rings. The lowest BCUT2D eigenvalue weighted by Crippen LogP contribution is -2.81. The van der Waals surface area contributed by atoms with E-state index in [0.717, 1.165) is 4.90 Å². The van der Waals surface area contributed by atoms with Gasteiger partial charge in [-0.2, -0.15) is 0 Å². The average Bonchev–Trinajstić information content (AvgIpc) is 3.55. The Morgan fingerprint density at radius 3 is 2.71 bits per heavy atom. The van der Waals surface area contributed by atoms with Crippen molar-refractivity contribution in [3.05, 3.63) is 40.0 Å². The van der Waals surface area contributed by atoms with Crippen LogP contribution in [0, 0.1) is 0 Å². The van der Waals surface area contributed by atoms with E-state index in [1.807, 2.05) is 25.3 Å². The first-order valence-corrected chi connectivity index (χ1v) is 14.2. The van der Waals surface area contributed by atoms with Crippen LogP contribution in [-0.2, 0) is 24.7 Å². The number of carboxylic acids is 1. The molecule has 13 nitrogen and oxygen atoms in total. The SMILES string of the molecule is CO[C@]1(NC(=O)C(NC(N)=O)c2cccs2)C(=O)N2C(C(=O)O)=C(CSc3nncn3C(C)(C)C)CSC21. The maximum absolute atomic E-state index is 13.4. The van der Waals surface area contributed by atoms with Gasteiger partial charge in [-0.3, -0.25) is 14.5 Å². The zero-order chi connectivity index (χ0) is 27.8. The number of nitrogens with two attached hydrogens (primary N) is 1. The second-order valence-corrected chi connectivity index (χ2v) is 12.4. The molecule has 0 bridgehead atoms. The lowest BCUT2D eigenvalue weighted by atomic mass is 9.97. The molecule has 0 radical (unpaired) electrons. The summed E-state index contributed by atoms with van der Waals surface area (Å²) in [5.41, 5.74) is 3.55. The van der Waals surface area contributed by atoms with E-state index in [0.29, 0.717) is 15.6 Å². The van der Waals surface area contributed by atoms with Crippen molar-refractivity contribution in [2.24, 2.45) is 5.73 Å². The number of methoxy groups -OCH3 is 1. The van der Waals surface area contributed by atoms with E-state index in [-0.39, 0.29) is 22.7 Å². The third-order valence-corrected chi connectivity index (χ3v) is 9.27. The van der Waals surface area contributed by atoms with Crippen molar-refractivity contribution in [2.75, 3.05) is 18.6 Å². The number of β-lactam (4-membered cyclic amide) rings is 1. The molecule has 5 N–H and O–H groups in total. The fraction of sp³-hybridized carbons (Fsp3) is 0.455. The van der Waals surface area contributed by atoms with Crippen LogP contribution in [0.4, 0.5) is 4.79 Å². The number of nitrogens with one attached hydrogen (secondary N) is 2. The monoisotopic (exact) mass is 581 g/mol. The van der Waals surface area contributed by atoms with Gasteiger partial charge in [-0.1, -0.05) is 17.8 Å². The van der Waals surface area contributed by atoms with E-state index >= 15 is 0 Å². The third kappa shape index (κ3) is 5.00. The van der Waals surface area contributed by atoms with Crippen LogP contribution in [0.1, 0.15) is 31.7 Å². The summed E-state index contributed by atoms with van der Waals surface area (Å²) in [6.07, 6.45) is 1.62. The van der Waals surface area contributed by atoms with Crippen LogP contribution < -0.4 is 16.4 Å². The van der Waals surface area contributed by atoms with Crippen LogP contribution in [-0.4, -0.2) is 78.3 Å². The number of hydrogen-bond donors (Lipinski definition) is 4. The van der Waals surface area contributed by atoms with Gasteiger partial charge in [0, 0.05) is 29.0 Å². The molecule has 4 rings (SSSR count). The van der Waals surface area contributed by atoms with Crippen LogP contribution in [0.3, 0.4) is 0 Å². The first-order valence-electron chi connectivity index (χ1n) is 11.3. The molecule has 2 aliphatic rings. The van der Waals surface area contributed by atoms with Gasteiger partial charge in [0.25, 0.3) is 17.5 Å². The van der Waals surface area contributed by atoms with Gasteiger partial charge in [-0.05, 0) is 37.8 Å². The average molecular weight is 582 g/mol. The third-order valence-electron chi connectivity index (χ3n) is 5.93. The Kier molecular flexibility index (Phi) is 7.79. The van der Waals surface area contributed by atoms with E-state index < -0.39 is 41.0 Å². The smallest absolute Gasteiger partial charge is 0.352 e. The molecule has 0 aromatic carbocycles. The lowest BCUT2D eigenvalue weighted by Gasteiger charge is -2.56. The maximum atomic E-state index is 13.4. The standard InChI is InChI=1S/C22H27N7O6S3/c1-21(2,3)28-10-24-27-20(28)38-9-11-8-37-18-22(35-4,17(33)29(18)14(11)16(31)32)26-15(30)13(25-19(23)34)12-6-5-7-36-12/h5-7,10,13,18H,8-9H2,1-4H3,(H,26,30)(H,31,32)(H3,23,25,34)/t13?,18?,22-/m1/s1. The maximum Gasteiger partial charge on any atom is 0.352 e. The number of amides is 4. The molecule has 2 aromatic heterocycles. The number of thiophene rings is 1. The van der Waals surface area contributed by atoms with E-state index in [9.17, 15) is 24.3 Å². The fourth-order valence-corrected chi connectivity index (χ4v) is 7.56. The van der Waals surface area contributed by atoms with Gasteiger partial charge in [-0.15, -0.1) is 33.3 Å². The first kappa shape index (κ1) is 27.9. The molecule has 0 saturated carbocycles. The van der Waals surface area contributed by atoms with Crippen LogP contribution in [0.5, 0.6) is 0 Å².